The van der Waals surface area contributed by atoms with Gasteiger partial charge >= 0.3 is 5.97 Å². The van der Waals surface area contributed by atoms with Gasteiger partial charge in [0, 0.05) is 17.5 Å². The fraction of sp³-hybridized carbons (Fsp3) is 0.333. The van der Waals surface area contributed by atoms with Gasteiger partial charge in [0.15, 0.2) is 5.69 Å². The Morgan fingerprint density at radius 2 is 2.11 bits per heavy atom. The highest BCUT2D eigenvalue weighted by Gasteiger charge is 2.22. The van der Waals surface area contributed by atoms with Gasteiger partial charge in [-0.1, -0.05) is 0 Å². The van der Waals surface area contributed by atoms with E-state index < -0.39 is 16.5 Å². The molecule has 19 heavy (non-hydrogen) atoms. The minimum atomic E-state index is -0.622. The number of carbonyl (C=O) groups is 1. The number of hydrogen-bond donors (Lipinski definition) is 1. The van der Waals surface area contributed by atoms with Crippen molar-refractivity contribution in [3.63, 3.8) is 0 Å². The predicted octanol–water partition coefficient (Wildman–Crippen LogP) is 2.43. The molecule has 0 amide bonds. The fourth-order valence-corrected chi connectivity index (χ4v) is 1.60. The second kappa shape index (κ2) is 4.34. The van der Waals surface area contributed by atoms with Crippen LogP contribution in [0.1, 0.15) is 31.3 Å². The quantitative estimate of drug-likeness (QED) is 0.509. The third-order valence-corrected chi connectivity index (χ3v) is 2.35. The van der Waals surface area contributed by atoms with Crippen LogP contribution in [-0.4, -0.2) is 26.7 Å². The molecule has 0 fully saturated rings. The number of non-ortho nitro benzene ring substituents is 1. The predicted molar refractivity (Wildman–Crippen MR) is 67.9 cm³/mol. The lowest BCUT2D eigenvalue weighted by atomic mass is 10.1. The number of carbonyl (C=O) groups excluding carboxylic acids is 1. The van der Waals surface area contributed by atoms with Crippen LogP contribution in [0.25, 0.3) is 10.9 Å². The molecule has 1 aromatic carbocycles. The largest absolute Gasteiger partial charge is 0.455 e. The Kier molecular flexibility index (Phi) is 2.97. The molecule has 7 heteroatoms. The second-order valence-corrected chi connectivity index (χ2v) is 5.06. The molecule has 0 radical (unpaired) electrons. The highest BCUT2D eigenvalue weighted by molar-refractivity contribution is 6.02. The number of nitro groups is 1. The molecule has 0 unspecified atom stereocenters. The summed E-state index contributed by atoms with van der Waals surface area (Å²) in [5, 5.41) is 17.6. The molecule has 0 saturated heterocycles. The monoisotopic (exact) mass is 263 g/mol. The van der Waals surface area contributed by atoms with Crippen molar-refractivity contribution in [3.8, 4) is 0 Å². The molecule has 7 nitrogen and oxygen atoms in total. The van der Waals surface area contributed by atoms with E-state index in [4.69, 9.17) is 4.74 Å². The van der Waals surface area contributed by atoms with Crippen molar-refractivity contribution in [2.24, 2.45) is 0 Å². The van der Waals surface area contributed by atoms with Gasteiger partial charge in [-0.3, -0.25) is 15.2 Å². The molecule has 0 spiro atoms. The standard InChI is InChI=1S/C12H13N3O4/c1-12(2,3)19-11(16)10-8-5-4-7(15(17)18)6-9(8)13-14-10/h4-6H,1-3H3,(H,13,14). The number of H-pyrrole nitrogens is 1. The maximum Gasteiger partial charge on any atom is 0.360 e. The SMILES string of the molecule is CC(C)(C)OC(=O)c1n[nH]c2cc([N+](=O)[O-])ccc12. The van der Waals surface area contributed by atoms with Crippen molar-refractivity contribution in [3.05, 3.63) is 34.0 Å². The summed E-state index contributed by atoms with van der Waals surface area (Å²) in [6.45, 7) is 5.26. The second-order valence-electron chi connectivity index (χ2n) is 5.06. The molecular formula is C12H13N3O4. The fourth-order valence-electron chi connectivity index (χ4n) is 1.60. The van der Waals surface area contributed by atoms with Gasteiger partial charge in [-0.05, 0) is 26.8 Å². The molecule has 2 rings (SSSR count). The van der Waals surface area contributed by atoms with Gasteiger partial charge in [-0.2, -0.15) is 5.10 Å². The van der Waals surface area contributed by atoms with Crippen molar-refractivity contribution in [1.29, 1.82) is 0 Å². The van der Waals surface area contributed by atoms with E-state index in [1.807, 2.05) is 0 Å². The average molecular weight is 263 g/mol. The van der Waals surface area contributed by atoms with Crippen LogP contribution in [-0.2, 0) is 4.74 Å². The number of nitro benzene ring substituents is 1. The molecule has 2 aromatic rings. The number of hydrogen-bond acceptors (Lipinski definition) is 5. The zero-order valence-electron chi connectivity index (χ0n) is 10.8. The van der Waals surface area contributed by atoms with Crippen molar-refractivity contribution < 1.29 is 14.5 Å². The number of benzene rings is 1. The molecular weight excluding hydrogens is 250 g/mol. The summed E-state index contributed by atoms with van der Waals surface area (Å²) in [6.07, 6.45) is 0. The zero-order valence-corrected chi connectivity index (χ0v) is 10.8. The molecule has 100 valence electrons. The Balaban J connectivity index is 2.41. The topological polar surface area (TPSA) is 98.1 Å². The van der Waals surface area contributed by atoms with E-state index in [1.54, 1.807) is 20.8 Å². The summed E-state index contributed by atoms with van der Waals surface area (Å²) >= 11 is 0. The van der Waals surface area contributed by atoms with Crippen LogP contribution in [0.2, 0.25) is 0 Å². The van der Waals surface area contributed by atoms with Crippen molar-refractivity contribution >= 4 is 22.6 Å². The van der Waals surface area contributed by atoms with Gasteiger partial charge in [-0.25, -0.2) is 4.79 Å². The maximum absolute atomic E-state index is 11.9. The van der Waals surface area contributed by atoms with Gasteiger partial charge in [0.1, 0.15) is 5.60 Å². The van der Waals surface area contributed by atoms with E-state index in [0.717, 1.165) is 0 Å². The van der Waals surface area contributed by atoms with E-state index in [-0.39, 0.29) is 11.4 Å². The lowest BCUT2D eigenvalue weighted by molar-refractivity contribution is -0.384. The van der Waals surface area contributed by atoms with Crippen LogP contribution in [0, 0.1) is 10.1 Å². The lowest BCUT2D eigenvalue weighted by Crippen LogP contribution is -2.24. The number of nitrogens with zero attached hydrogens (tertiary/aromatic N) is 2. The van der Waals surface area contributed by atoms with Gasteiger partial charge in [0.05, 0.1) is 10.4 Å². The van der Waals surface area contributed by atoms with Crippen LogP contribution in [0.5, 0.6) is 0 Å². The molecule has 0 aliphatic rings. The van der Waals surface area contributed by atoms with E-state index in [2.05, 4.69) is 10.2 Å². The van der Waals surface area contributed by atoms with Crippen molar-refractivity contribution in [1.82, 2.24) is 10.2 Å². The maximum atomic E-state index is 11.9. The minimum Gasteiger partial charge on any atom is -0.455 e. The smallest absolute Gasteiger partial charge is 0.360 e. The third-order valence-electron chi connectivity index (χ3n) is 2.35. The Morgan fingerprint density at radius 3 is 2.68 bits per heavy atom. The first kappa shape index (κ1) is 13.0. The number of aromatic amines is 1. The summed E-state index contributed by atoms with van der Waals surface area (Å²) in [4.78, 5) is 22.1. The Labute approximate surface area is 108 Å². The van der Waals surface area contributed by atoms with Gasteiger partial charge in [0.25, 0.3) is 5.69 Å². The van der Waals surface area contributed by atoms with E-state index >= 15 is 0 Å². The average Bonchev–Trinajstić information content (AvgIpc) is 2.68. The molecule has 0 aliphatic carbocycles. The van der Waals surface area contributed by atoms with Crippen LogP contribution < -0.4 is 0 Å². The van der Waals surface area contributed by atoms with Crippen molar-refractivity contribution in [2.75, 3.05) is 0 Å². The first-order valence-corrected chi connectivity index (χ1v) is 5.64. The molecule has 0 atom stereocenters. The first-order valence-electron chi connectivity index (χ1n) is 5.64. The summed E-state index contributed by atoms with van der Waals surface area (Å²) in [6, 6.07) is 4.14. The van der Waals surface area contributed by atoms with Crippen LogP contribution in [0.4, 0.5) is 5.69 Å². The number of aromatic nitrogens is 2. The normalized spacial score (nSPS) is 11.5. The first-order chi connectivity index (χ1) is 8.78. The van der Waals surface area contributed by atoms with E-state index in [9.17, 15) is 14.9 Å². The van der Waals surface area contributed by atoms with E-state index in [0.29, 0.717) is 10.9 Å². The van der Waals surface area contributed by atoms with Crippen molar-refractivity contribution in [2.45, 2.75) is 26.4 Å². The number of ether oxygens (including phenoxy) is 1. The molecule has 1 heterocycles. The lowest BCUT2D eigenvalue weighted by Gasteiger charge is -2.18. The van der Waals surface area contributed by atoms with Crippen LogP contribution in [0.15, 0.2) is 18.2 Å². The summed E-state index contributed by atoms with van der Waals surface area (Å²) < 4.78 is 5.21. The molecule has 0 bridgehead atoms. The number of nitrogens with one attached hydrogen (secondary N) is 1. The number of fused-ring (bicyclic) bond motifs is 1. The molecule has 1 N–H and O–H groups in total. The summed E-state index contributed by atoms with van der Waals surface area (Å²) in [7, 11) is 0. The van der Waals surface area contributed by atoms with Gasteiger partial charge in [0.2, 0.25) is 0 Å². The molecule has 1 aromatic heterocycles. The van der Waals surface area contributed by atoms with Crippen LogP contribution >= 0.6 is 0 Å². The molecule has 0 aliphatic heterocycles. The zero-order chi connectivity index (χ0) is 14.2. The molecule has 0 saturated carbocycles. The highest BCUT2D eigenvalue weighted by Crippen LogP contribution is 2.23. The number of rotatable bonds is 2. The summed E-state index contributed by atoms with van der Waals surface area (Å²) in [5.41, 5.74) is -0.134. The number of esters is 1. The Hall–Kier alpha value is -2.44. The van der Waals surface area contributed by atoms with Crippen LogP contribution in [0.3, 0.4) is 0 Å². The summed E-state index contributed by atoms with van der Waals surface area (Å²) in [5.74, 6) is -0.562. The Bertz CT molecular complexity index is 655. The Morgan fingerprint density at radius 1 is 1.42 bits per heavy atom. The van der Waals surface area contributed by atoms with Gasteiger partial charge in [-0.15, -0.1) is 0 Å². The van der Waals surface area contributed by atoms with E-state index in [1.165, 1.54) is 18.2 Å². The van der Waals surface area contributed by atoms with Gasteiger partial charge < -0.3 is 4.74 Å². The minimum absolute atomic E-state index is 0.0631. The highest BCUT2D eigenvalue weighted by atomic mass is 16.6. The third kappa shape index (κ3) is 2.70.